The molecule has 0 aliphatic carbocycles. The molecule has 0 radical (unpaired) electrons. The van der Waals surface area contributed by atoms with Crippen molar-refractivity contribution < 1.29 is 14.2 Å². The zero-order chi connectivity index (χ0) is 21.9. The molecule has 32 heavy (non-hydrogen) atoms. The molecule has 11 heteroatoms. The number of morpholine rings is 1. The lowest BCUT2D eigenvalue weighted by Crippen LogP contribution is -2.40. The van der Waals surface area contributed by atoms with Gasteiger partial charge in [0.25, 0.3) is 0 Å². The zero-order valence-corrected chi connectivity index (χ0v) is 17.3. The Kier molecular flexibility index (Phi) is 5.65. The monoisotopic (exact) mass is 438 g/mol. The van der Waals surface area contributed by atoms with E-state index in [1.807, 2.05) is 33.8 Å². The highest BCUT2D eigenvalue weighted by molar-refractivity contribution is 5.75. The Morgan fingerprint density at radius 3 is 3.03 bits per heavy atom. The lowest BCUT2D eigenvalue weighted by molar-refractivity contribution is -0.0465. The van der Waals surface area contributed by atoms with Gasteiger partial charge in [0.1, 0.15) is 0 Å². The van der Waals surface area contributed by atoms with Crippen molar-refractivity contribution >= 4 is 28.4 Å². The van der Waals surface area contributed by atoms with Crippen LogP contribution in [0.2, 0.25) is 0 Å². The molecule has 0 spiro atoms. The number of fused-ring (bicyclic) bond motifs is 1. The van der Waals surface area contributed by atoms with Gasteiger partial charge in [0.15, 0.2) is 5.65 Å². The molecule has 1 atom stereocenters. The Labute approximate surface area is 183 Å². The van der Waals surface area contributed by atoms with Gasteiger partial charge in [0, 0.05) is 24.6 Å². The lowest BCUT2D eigenvalue weighted by atomic mass is 10.1. The van der Waals surface area contributed by atoms with E-state index >= 15 is 0 Å². The van der Waals surface area contributed by atoms with Crippen molar-refractivity contribution in [2.24, 2.45) is 0 Å². The van der Waals surface area contributed by atoms with Crippen molar-refractivity contribution in [3.05, 3.63) is 54.6 Å². The molecule has 1 aliphatic heterocycles. The van der Waals surface area contributed by atoms with Crippen molar-refractivity contribution in [1.29, 1.82) is 0 Å². The average molecular weight is 438 g/mol. The molecule has 4 aromatic rings. The summed E-state index contributed by atoms with van der Waals surface area (Å²) in [5, 5.41) is 21.6. The van der Waals surface area contributed by atoms with E-state index in [2.05, 4.69) is 25.5 Å². The molecule has 166 valence electrons. The van der Waals surface area contributed by atoms with Gasteiger partial charge in [-0.2, -0.15) is 15.2 Å². The molecule has 1 fully saturated rings. The molecule has 0 saturated carbocycles. The average Bonchev–Trinajstić information content (AvgIpc) is 3.41. The normalized spacial score (nSPS) is 16.6. The first kappa shape index (κ1) is 20.3. The van der Waals surface area contributed by atoms with Gasteiger partial charge in [-0.15, -0.1) is 0 Å². The summed E-state index contributed by atoms with van der Waals surface area (Å²) in [6.45, 7) is 2.22. The molecule has 0 bridgehead atoms. The first-order valence-electron chi connectivity index (χ1n) is 10.4. The number of aliphatic hydroxyl groups is 1. The van der Waals surface area contributed by atoms with Crippen LogP contribution in [0.3, 0.4) is 0 Å². The third-order valence-corrected chi connectivity index (χ3v) is 5.23. The smallest absolute Gasteiger partial charge is 0.229 e. The number of hydrogen-bond donors (Lipinski definition) is 2. The molecular formula is C21H23FN8O2. The van der Waals surface area contributed by atoms with E-state index in [1.54, 1.807) is 29.5 Å². The van der Waals surface area contributed by atoms with Crippen molar-refractivity contribution in [3.63, 3.8) is 0 Å². The SMILES string of the molecule is OCCn1cc(Nc2ncc3cnn(Cc4cccc(N5CCOC(F)C5)c4)c3n2)cn1. The number of nitrogens with zero attached hydrogens (tertiary/aromatic N) is 7. The molecule has 3 aromatic heterocycles. The number of aliphatic hydroxyl groups excluding tert-OH is 1. The van der Waals surface area contributed by atoms with E-state index in [-0.39, 0.29) is 13.2 Å². The fraction of sp³-hybridized carbons (Fsp3) is 0.333. The summed E-state index contributed by atoms with van der Waals surface area (Å²) >= 11 is 0. The second-order valence-electron chi connectivity index (χ2n) is 7.51. The van der Waals surface area contributed by atoms with E-state index in [4.69, 9.17) is 9.84 Å². The van der Waals surface area contributed by atoms with Crippen LogP contribution in [0.5, 0.6) is 0 Å². The molecule has 5 rings (SSSR count). The van der Waals surface area contributed by atoms with Crippen LogP contribution in [0.1, 0.15) is 5.56 Å². The highest BCUT2D eigenvalue weighted by Crippen LogP contribution is 2.22. The van der Waals surface area contributed by atoms with Crippen LogP contribution in [0, 0.1) is 0 Å². The molecule has 1 saturated heterocycles. The van der Waals surface area contributed by atoms with Crippen molar-refractivity contribution in [3.8, 4) is 0 Å². The predicted molar refractivity (Wildman–Crippen MR) is 117 cm³/mol. The Morgan fingerprint density at radius 2 is 2.16 bits per heavy atom. The maximum atomic E-state index is 13.6. The van der Waals surface area contributed by atoms with Gasteiger partial charge in [0.2, 0.25) is 12.3 Å². The minimum Gasteiger partial charge on any atom is -0.394 e. The molecule has 0 amide bonds. The minimum atomic E-state index is -1.26. The van der Waals surface area contributed by atoms with Gasteiger partial charge in [-0.25, -0.2) is 14.1 Å². The third-order valence-electron chi connectivity index (χ3n) is 5.23. The molecule has 4 heterocycles. The van der Waals surface area contributed by atoms with E-state index < -0.39 is 6.36 Å². The van der Waals surface area contributed by atoms with Crippen LogP contribution >= 0.6 is 0 Å². The van der Waals surface area contributed by atoms with Crippen LogP contribution in [-0.2, 0) is 17.8 Å². The highest BCUT2D eigenvalue weighted by Gasteiger charge is 2.20. The van der Waals surface area contributed by atoms with Crippen molar-refractivity contribution in [1.82, 2.24) is 29.5 Å². The topological polar surface area (TPSA) is 106 Å². The maximum absolute atomic E-state index is 13.6. The van der Waals surface area contributed by atoms with Gasteiger partial charge in [-0.3, -0.25) is 4.68 Å². The zero-order valence-electron chi connectivity index (χ0n) is 17.3. The highest BCUT2D eigenvalue weighted by atomic mass is 19.1. The van der Waals surface area contributed by atoms with E-state index in [0.29, 0.717) is 37.8 Å². The molecule has 1 aliphatic rings. The summed E-state index contributed by atoms with van der Waals surface area (Å²) in [7, 11) is 0. The number of aromatic nitrogens is 6. The quantitative estimate of drug-likeness (QED) is 0.451. The number of halogens is 1. The largest absolute Gasteiger partial charge is 0.394 e. The van der Waals surface area contributed by atoms with E-state index in [1.165, 1.54) is 0 Å². The van der Waals surface area contributed by atoms with Gasteiger partial charge in [-0.1, -0.05) is 12.1 Å². The predicted octanol–water partition coefficient (Wildman–Crippen LogP) is 1.94. The van der Waals surface area contributed by atoms with Crippen LogP contribution in [-0.4, -0.2) is 67.3 Å². The van der Waals surface area contributed by atoms with Crippen LogP contribution in [0.15, 0.2) is 49.1 Å². The van der Waals surface area contributed by atoms with Crippen molar-refractivity contribution in [2.75, 3.05) is 36.5 Å². The first-order chi connectivity index (χ1) is 15.7. The van der Waals surface area contributed by atoms with Crippen LogP contribution in [0.4, 0.5) is 21.7 Å². The third kappa shape index (κ3) is 4.39. The van der Waals surface area contributed by atoms with Crippen LogP contribution in [0.25, 0.3) is 11.0 Å². The minimum absolute atomic E-state index is 0.0177. The number of anilines is 3. The Balaban J connectivity index is 1.35. The van der Waals surface area contributed by atoms with Gasteiger partial charge in [-0.05, 0) is 17.7 Å². The van der Waals surface area contributed by atoms with Crippen LogP contribution < -0.4 is 10.2 Å². The van der Waals surface area contributed by atoms with Crippen molar-refractivity contribution in [2.45, 2.75) is 19.4 Å². The number of nitrogens with one attached hydrogen (secondary N) is 1. The lowest BCUT2D eigenvalue weighted by Gasteiger charge is -2.31. The van der Waals surface area contributed by atoms with Gasteiger partial charge >= 0.3 is 0 Å². The summed E-state index contributed by atoms with van der Waals surface area (Å²) in [5.41, 5.74) is 3.42. The fourth-order valence-corrected chi connectivity index (χ4v) is 3.69. The number of rotatable bonds is 7. The van der Waals surface area contributed by atoms with E-state index in [0.717, 1.165) is 22.3 Å². The van der Waals surface area contributed by atoms with E-state index in [9.17, 15) is 4.39 Å². The molecule has 1 unspecified atom stereocenters. The molecular weight excluding hydrogens is 415 g/mol. The van der Waals surface area contributed by atoms with Gasteiger partial charge in [0.05, 0.1) is 56.3 Å². The van der Waals surface area contributed by atoms with Gasteiger partial charge < -0.3 is 20.1 Å². The standard InChI is InChI=1S/C21H23FN8O2/c22-19-14-28(5-7-32-19)18-3-1-2-15(8-18)12-30-20-16(10-25-30)9-23-21(27-20)26-17-11-24-29(13-17)4-6-31/h1-3,8-11,13,19,31H,4-7,12,14H2,(H,23,26,27). The second-order valence-corrected chi connectivity index (χ2v) is 7.51. The fourth-order valence-electron chi connectivity index (χ4n) is 3.69. The summed E-state index contributed by atoms with van der Waals surface area (Å²) in [4.78, 5) is 10.9. The summed E-state index contributed by atoms with van der Waals surface area (Å²) in [6.07, 6.45) is 5.62. The molecule has 10 nitrogen and oxygen atoms in total. The Hall–Kier alpha value is -3.57. The Bertz CT molecular complexity index is 1210. The first-order valence-corrected chi connectivity index (χ1v) is 10.4. The molecule has 2 N–H and O–H groups in total. The number of ether oxygens (including phenoxy) is 1. The maximum Gasteiger partial charge on any atom is 0.229 e. The number of benzene rings is 1. The number of alkyl halides is 1. The molecule has 1 aromatic carbocycles. The number of hydrogen-bond acceptors (Lipinski definition) is 8. The summed E-state index contributed by atoms with van der Waals surface area (Å²) in [5.74, 6) is 0.429. The summed E-state index contributed by atoms with van der Waals surface area (Å²) in [6, 6.07) is 8.00. The summed E-state index contributed by atoms with van der Waals surface area (Å²) < 4.78 is 22.1. The second kappa shape index (κ2) is 8.89. The Morgan fingerprint density at radius 1 is 1.22 bits per heavy atom.